The minimum atomic E-state index is -0.774. The number of hydrogen-bond acceptors (Lipinski definition) is 0. The van der Waals surface area contributed by atoms with Crippen LogP contribution in [0.1, 0.15) is 20.8 Å². The Morgan fingerprint density at radius 2 is 1.85 bits per heavy atom. The Labute approximate surface area is 81.6 Å². The van der Waals surface area contributed by atoms with Gasteiger partial charge >= 0.3 is 0 Å². The molecule has 0 bridgehead atoms. The van der Waals surface area contributed by atoms with Crippen molar-refractivity contribution in [1.29, 1.82) is 0 Å². The molecule has 0 heterocycles. The molecule has 1 aliphatic carbocycles. The molecule has 0 atom stereocenters. The van der Waals surface area contributed by atoms with Crippen LogP contribution in [-0.4, -0.2) is 0 Å². The van der Waals surface area contributed by atoms with E-state index in [4.69, 9.17) is 11.6 Å². The van der Waals surface area contributed by atoms with Gasteiger partial charge in [-0.25, -0.2) is 8.78 Å². The molecule has 0 radical (unpaired) electrons. The SMILES string of the molecule is CC1=CC(F)=CC(C)(C)C(Cl)=C1F. The van der Waals surface area contributed by atoms with Gasteiger partial charge in [-0.3, -0.25) is 0 Å². The molecule has 1 rings (SSSR count). The van der Waals surface area contributed by atoms with Crippen molar-refractivity contribution in [3.8, 4) is 0 Å². The highest BCUT2D eigenvalue weighted by molar-refractivity contribution is 6.31. The average Bonchev–Trinajstić information content (AvgIpc) is 2.03. The van der Waals surface area contributed by atoms with Gasteiger partial charge in [-0.2, -0.15) is 0 Å². The Kier molecular flexibility index (Phi) is 2.62. The Bertz CT molecular complexity index is 322. The third kappa shape index (κ3) is 1.99. The molecule has 0 aromatic heterocycles. The third-order valence-corrected chi connectivity index (χ3v) is 2.61. The van der Waals surface area contributed by atoms with Crippen molar-refractivity contribution in [3.05, 3.63) is 34.4 Å². The van der Waals surface area contributed by atoms with Crippen LogP contribution in [0.3, 0.4) is 0 Å². The van der Waals surface area contributed by atoms with Crippen molar-refractivity contribution >= 4 is 11.6 Å². The highest BCUT2D eigenvalue weighted by Crippen LogP contribution is 2.39. The van der Waals surface area contributed by atoms with E-state index >= 15 is 0 Å². The van der Waals surface area contributed by atoms with Crippen molar-refractivity contribution in [2.45, 2.75) is 20.8 Å². The fourth-order valence-corrected chi connectivity index (χ4v) is 1.38. The quantitative estimate of drug-likeness (QED) is 0.554. The number of rotatable bonds is 0. The molecule has 1 aliphatic rings. The van der Waals surface area contributed by atoms with Crippen molar-refractivity contribution in [2.24, 2.45) is 5.41 Å². The summed E-state index contributed by atoms with van der Waals surface area (Å²) in [6.07, 6.45) is 2.46. The van der Waals surface area contributed by atoms with Crippen LogP contribution in [0.2, 0.25) is 0 Å². The Hall–Kier alpha value is -0.630. The van der Waals surface area contributed by atoms with Crippen molar-refractivity contribution in [3.63, 3.8) is 0 Å². The normalized spacial score (nSPS) is 22.3. The maximum atomic E-state index is 13.4. The molecule has 13 heavy (non-hydrogen) atoms. The molecule has 0 saturated carbocycles. The fraction of sp³-hybridized carbons (Fsp3) is 0.400. The first-order chi connectivity index (χ1) is 5.84. The van der Waals surface area contributed by atoms with Crippen LogP contribution in [0.5, 0.6) is 0 Å². The predicted molar refractivity (Wildman–Crippen MR) is 50.7 cm³/mol. The van der Waals surface area contributed by atoms with Gasteiger partial charge in [0.25, 0.3) is 0 Å². The molecule has 0 aromatic carbocycles. The average molecular weight is 205 g/mol. The molecule has 0 N–H and O–H groups in total. The van der Waals surface area contributed by atoms with E-state index < -0.39 is 17.1 Å². The number of hydrogen-bond donors (Lipinski definition) is 0. The van der Waals surface area contributed by atoms with Gasteiger partial charge in [-0.15, -0.1) is 0 Å². The molecule has 0 aliphatic heterocycles. The van der Waals surface area contributed by atoms with Crippen molar-refractivity contribution < 1.29 is 8.78 Å². The van der Waals surface area contributed by atoms with Crippen LogP contribution >= 0.6 is 11.6 Å². The van der Waals surface area contributed by atoms with Crippen LogP contribution < -0.4 is 0 Å². The zero-order valence-corrected chi connectivity index (χ0v) is 8.54. The number of allylic oxidation sites excluding steroid dienone is 6. The van der Waals surface area contributed by atoms with Crippen molar-refractivity contribution in [1.82, 2.24) is 0 Å². The minimum Gasteiger partial charge on any atom is -0.207 e. The zero-order chi connectivity index (χ0) is 10.2. The molecular formula is C10H11ClF2. The van der Waals surface area contributed by atoms with Gasteiger partial charge in [-0.05, 0) is 24.6 Å². The van der Waals surface area contributed by atoms with E-state index in [0.29, 0.717) is 0 Å². The molecular weight excluding hydrogens is 194 g/mol. The van der Waals surface area contributed by atoms with E-state index in [2.05, 4.69) is 0 Å². The molecule has 0 unspecified atom stereocenters. The van der Waals surface area contributed by atoms with Gasteiger partial charge in [0.05, 0.1) is 5.03 Å². The van der Waals surface area contributed by atoms with E-state index in [1.54, 1.807) is 13.8 Å². The molecule has 72 valence electrons. The smallest absolute Gasteiger partial charge is 0.141 e. The molecule has 0 fully saturated rings. The summed E-state index contributed by atoms with van der Waals surface area (Å²) in [6.45, 7) is 4.83. The first kappa shape index (κ1) is 10.5. The summed E-state index contributed by atoms with van der Waals surface area (Å²) in [4.78, 5) is 0. The van der Waals surface area contributed by atoms with E-state index in [-0.39, 0.29) is 10.6 Å². The van der Waals surface area contributed by atoms with E-state index in [9.17, 15) is 8.78 Å². The zero-order valence-electron chi connectivity index (χ0n) is 7.79. The summed E-state index contributed by atoms with van der Waals surface area (Å²) in [5.74, 6) is -0.983. The summed E-state index contributed by atoms with van der Waals surface area (Å²) in [5, 5.41) is 0.0499. The Morgan fingerprint density at radius 3 is 2.38 bits per heavy atom. The molecule has 0 spiro atoms. The topological polar surface area (TPSA) is 0 Å². The first-order valence-corrected chi connectivity index (χ1v) is 4.35. The lowest BCUT2D eigenvalue weighted by Gasteiger charge is -2.18. The third-order valence-electron chi connectivity index (χ3n) is 1.96. The summed E-state index contributed by atoms with van der Waals surface area (Å²) in [6, 6.07) is 0. The Balaban J connectivity index is 3.32. The first-order valence-electron chi connectivity index (χ1n) is 3.97. The maximum Gasteiger partial charge on any atom is 0.141 e. The van der Waals surface area contributed by atoms with E-state index in [1.807, 2.05) is 0 Å². The van der Waals surface area contributed by atoms with Crippen LogP contribution in [0, 0.1) is 5.41 Å². The summed E-state index contributed by atoms with van der Waals surface area (Å²) in [5.41, 5.74) is -0.548. The summed E-state index contributed by atoms with van der Waals surface area (Å²) in [7, 11) is 0. The summed E-state index contributed by atoms with van der Waals surface area (Å²) >= 11 is 5.78. The highest BCUT2D eigenvalue weighted by Gasteiger charge is 2.26. The maximum absolute atomic E-state index is 13.4. The minimum absolute atomic E-state index is 0.0499. The Morgan fingerprint density at radius 1 is 1.31 bits per heavy atom. The fourth-order valence-electron chi connectivity index (χ4n) is 1.18. The van der Waals surface area contributed by atoms with Gasteiger partial charge < -0.3 is 0 Å². The van der Waals surface area contributed by atoms with Crippen LogP contribution in [-0.2, 0) is 0 Å². The van der Waals surface area contributed by atoms with Crippen LogP contribution in [0.15, 0.2) is 34.4 Å². The largest absolute Gasteiger partial charge is 0.207 e. The molecule has 0 amide bonds. The van der Waals surface area contributed by atoms with E-state index in [0.717, 1.165) is 6.08 Å². The van der Waals surface area contributed by atoms with Gasteiger partial charge in [-0.1, -0.05) is 25.4 Å². The molecule has 0 nitrogen and oxygen atoms in total. The molecule has 3 heteroatoms. The van der Waals surface area contributed by atoms with Crippen molar-refractivity contribution in [2.75, 3.05) is 0 Å². The lowest BCUT2D eigenvalue weighted by molar-refractivity contribution is 0.547. The second-order valence-corrected chi connectivity index (χ2v) is 4.08. The second-order valence-electron chi connectivity index (χ2n) is 3.71. The predicted octanol–water partition coefficient (Wildman–Crippen LogP) is 4.25. The second kappa shape index (κ2) is 3.26. The van der Waals surface area contributed by atoms with Crippen LogP contribution in [0.4, 0.5) is 8.78 Å². The van der Waals surface area contributed by atoms with Gasteiger partial charge in [0.1, 0.15) is 11.7 Å². The van der Waals surface area contributed by atoms with Crippen LogP contribution in [0.25, 0.3) is 0 Å². The standard InChI is InChI=1S/C10H11ClF2/c1-6-4-7(12)5-10(2,3)9(11)8(6)13/h4-5H,1-3H3. The number of halogens is 3. The van der Waals surface area contributed by atoms with Gasteiger partial charge in [0, 0.05) is 5.41 Å². The monoisotopic (exact) mass is 204 g/mol. The lowest BCUT2D eigenvalue weighted by atomic mass is 9.92. The lowest BCUT2D eigenvalue weighted by Crippen LogP contribution is -2.08. The summed E-state index contributed by atoms with van der Waals surface area (Å²) < 4.78 is 26.4. The highest BCUT2D eigenvalue weighted by atomic mass is 35.5. The van der Waals surface area contributed by atoms with E-state index in [1.165, 1.54) is 13.0 Å². The molecule has 0 saturated heterocycles. The molecule has 0 aromatic rings. The van der Waals surface area contributed by atoms with Gasteiger partial charge in [0.2, 0.25) is 0 Å². The van der Waals surface area contributed by atoms with Gasteiger partial charge in [0.15, 0.2) is 0 Å².